The first-order valence-corrected chi connectivity index (χ1v) is 11.1. The van der Waals surface area contributed by atoms with Crippen molar-refractivity contribution in [3.63, 3.8) is 0 Å². The highest BCUT2D eigenvalue weighted by Crippen LogP contribution is 2.35. The Kier molecular flexibility index (Phi) is 8.19. The first-order chi connectivity index (χ1) is 14.2. The maximum Gasteiger partial charge on any atom is 0.193 e. The summed E-state index contributed by atoms with van der Waals surface area (Å²) in [6.45, 7) is 6.99. The van der Waals surface area contributed by atoms with Crippen molar-refractivity contribution < 1.29 is 9.47 Å². The van der Waals surface area contributed by atoms with Crippen molar-refractivity contribution in [2.45, 2.75) is 44.8 Å². The number of benzene rings is 1. The number of hydrogen-bond donors (Lipinski definition) is 1. The number of aliphatic imine (C=N–C) groups is 1. The number of hydrogen-bond acceptors (Lipinski definition) is 4. The normalized spacial score (nSPS) is 24.6. The van der Waals surface area contributed by atoms with E-state index in [0.29, 0.717) is 18.1 Å². The number of nitrogens with one attached hydrogen (secondary N) is 1. The first-order valence-electron chi connectivity index (χ1n) is 11.1. The van der Waals surface area contributed by atoms with E-state index >= 15 is 0 Å². The molecule has 6 heteroatoms. The van der Waals surface area contributed by atoms with Gasteiger partial charge in [0, 0.05) is 39.3 Å². The molecular weight excluding hydrogens is 364 g/mol. The molecule has 0 radical (unpaired) electrons. The summed E-state index contributed by atoms with van der Waals surface area (Å²) >= 11 is 0. The van der Waals surface area contributed by atoms with Crippen molar-refractivity contribution in [3.8, 4) is 5.75 Å². The number of rotatable bonds is 6. The molecule has 2 saturated heterocycles. The molecule has 2 aliphatic rings. The summed E-state index contributed by atoms with van der Waals surface area (Å²) in [7, 11) is 5.86. The minimum Gasteiger partial charge on any atom is -0.497 e. The predicted octanol–water partition coefficient (Wildman–Crippen LogP) is 3.15. The highest BCUT2D eigenvalue weighted by molar-refractivity contribution is 5.80. The van der Waals surface area contributed by atoms with Crippen LogP contribution in [0.25, 0.3) is 0 Å². The van der Waals surface area contributed by atoms with E-state index in [9.17, 15) is 0 Å². The Bertz CT molecular complexity index is 641. The summed E-state index contributed by atoms with van der Waals surface area (Å²) in [5.41, 5.74) is 1.37. The minimum absolute atomic E-state index is 0.404. The van der Waals surface area contributed by atoms with E-state index in [0.717, 1.165) is 57.3 Å². The molecule has 6 nitrogen and oxygen atoms in total. The van der Waals surface area contributed by atoms with Crippen LogP contribution in [0.15, 0.2) is 29.3 Å². The molecule has 0 saturated carbocycles. The van der Waals surface area contributed by atoms with Crippen LogP contribution in [0, 0.1) is 5.92 Å². The standard InChI is InChI=1S/C23H38N4O2/c1-5-29-21-12-15-27(16-13-21)23(24-2)25-17-19-7-6-14-26(3)22(19)18-8-10-20(28-4)11-9-18/h8-11,19,21-22H,5-7,12-17H2,1-4H3,(H,24,25). The molecule has 2 aliphatic heterocycles. The molecule has 1 N–H and O–H groups in total. The second-order valence-electron chi connectivity index (χ2n) is 8.17. The van der Waals surface area contributed by atoms with Crippen LogP contribution in [0.2, 0.25) is 0 Å². The monoisotopic (exact) mass is 402 g/mol. The third-order valence-corrected chi connectivity index (χ3v) is 6.34. The van der Waals surface area contributed by atoms with Gasteiger partial charge in [0.2, 0.25) is 0 Å². The number of likely N-dealkylation sites (tertiary alicyclic amines) is 2. The summed E-state index contributed by atoms with van der Waals surface area (Å²) in [6.07, 6.45) is 5.04. The topological polar surface area (TPSA) is 49.3 Å². The molecule has 1 aromatic rings. The zero-order valence-electron chi connectivity index (χ0n) is 18.6. The molecule has 0 spiro atoms. The van der Waals surface area contributed by atoms with E-state index in [4.69, 9.17) is 9.47 Å². The lowest BCUT2D eigenvalue weighted by atomic mass is 9.85. The lowest BCUT2D eigenvalue weighted by molar-refractivity contribution is 0.0262. The van der Waals surface area contributed by atoms with Crippen molar-refractivity contribution in [2.24, 2.45) is 10.9 Å². The fraction of sp³-hybridized carbons (Fsp3) is 0.696. The average molecular weight is 403 g/mol. The van der Waals surface area contributed by atoms with Gasteiger partial charge < -0.3 is 19.7 Å². The second-order valence-corrected chi connectivity index (χ2v) is 8.17. The molecule has 2 fully saturated rings. The van der Waals surface area contributed by atoms with E-state index in [1.54, 1.807) is 7.11 Å². The Balaban J connectivity index is 1.60. The van der Waals surface area contributed by atoms with E-state index in [1.165, 1.54) is 18.4 Å². The maximum absolute atomic E-state index is 5.79. The lowest BCUT2D eigenvalue weighted by Crippen LogP contribution is -2.49. The van der Waals surface area contributed by atoms with Crippen molar-refractivity contribution >= 4 is 5.96 Å². The van der Waals surface area contributed by atoms with Crippen LogP contribution in [-0.4, -0.2) is 75.9 Å². The molecule has 162 valence electrons. The van der Waals surface area contributed by atoms with Gasteiger partial charge >= 0.3 is 0 Å². The molecule has 2 atom stereocenters. The van der Waals surface area contributed by atoms with Crippen LogP contribution in [0.3, 0.4) is 0 Å². The third-order valence-electron chi connectivity index (χ3n) is 6.34. The summed E-state index contributed by atoms with van der Waals surface area (Å²) < 4.78 is 11.1. The van der Waals surface area contributed by atoms with Gasteiger partial charge in [0.15, 0.2) is 5.96 Å². The summed E-state index contributed by atoms with van der Waals surface area (Å²) in [5.74, 6) is 2.50. The third kappa shape index (κ3) is 5.64. The average Bonchev–Trinajstić information content (AvgIpc) is 2.76. The fourth-order valence-electron chi connectivity index (χ4n) is 4.83. The molecule has 2 unspecified atom stereocenters. The molecule has 1 aromatic carbocycles. The predicted molar refractivity (Wildman–Crippen MR) is 119 cm³/mol. The van der Waals surface area contributed by atoms with Gasteiger partial charge in [-0.1, -0.05) is 12.1 Å². The largest absolute Gasteiger partial charge is 0.497 e. The van der Waals surface area contributed by atoms with E-state index in [-0.39, 0.29) is 0 Å². The molecular formula is C23H38N4O2. The van der Waals surface area contributed by atoms with Crippen molar-refractivity contribution in [1.82, 2.24) is 15.1 Å². The number of nitrogens with zero attached hydrogens (tertiary/aromatic N) is 3. The van der Waals surface area contributed by atoms with Crippen LogP contribution < -0.4 is 10.1 Å². The van der Waals surface area contributed by atoms with Crippen LogP contribution in [0.4, 0.5) is 0 Å². The van der Waals surface area contributed by atoms with Crippen LogP contribution in [0.1, 0.15) is 44.2 Å². The number of methoxy groups -OCH3 is 1. The van der Waals surface area contributed by atoms with Gasteiger partial charge in [-0.15, -0.1) is 0 Å². The van der Waals surface area contributed by atoms with Gasteiger partial charge in [-0.2, -0.15) is 0 Å². The van der Waals surface area contributed by atoms with E-state index < -0.39 is 0 Å². The van der Waals surface area contributed by atoms with Gasteiger partial charge in [0.25, 0.3) is 0 Å². The molecule has 2 heterocycles. The highest BCUT2D eigenvalue weighted by Gasteiger charge is 2.31. The summed E-state index contributed by atoms with van der Waals surface area (Å²) in [4.78, 5) is 9.44. The number of piperidine rings is 2. The minimum atomic E-state index is 0.404. The Labute approximate surface area is 176 Å². The molecule has 29 heavy (non-hydrogen) atoms. The van der Waals surface area contributed by atoms with Crippen LogP contribution >= 0.6 is 0 Å². The Morgan fingerprint density at radius 3 is 2.48 bits per heavy atom. The summed E-state index contributed by atoms with van der Waals surface area (Å²) in [6, 6.07) is 8.99. The summed E-state index contributed by atoms with van der Waals surface area (Å²) in [5, 5.41) is 3.68. The van der Waals surface area contributed by atoms with Crippen LogP contribution in [-0.2, 0) is 4.74 Å². The fourth-order valence-corrected chi connectivity index (χ4v) is 4.83. The van der Waals surface area contributed by atoms with Crippen molar-refractivity contribution in [2.75, 3.05) is 54.0 Å². The molecule has 0 amide bonds. The lowest BCUT2D eigenvalue weighted by Gasteiger charge is -2.41. The Hall–Kier alpha value is -1.79. The first kappa shape index (κ1) is 21.9. The maximum atomic E-state index is 5.79. The van der Waals surface area contributed by atoms with Crippen molar-refractivity contribution in [1.29, 1.82) is 0 Å². The smallest absolute Gasteiger partial charge is 0.193 e. The van der Waals surface area contributed by atoms with E-state index in [1.807, 2.05) is 7.05 Å². The SMILES string of the molecule is CCOC1CCN(C(=NC)NCC2CCCN(C)C2c2ccc(OC)cc2)CC1. The van der Waals surface area contributed by atoms with Crippen molar-refractivity contribution in [3.05, 3.63) is 29.8 Å². The molecule has 3 rings (SSSR count). The van der Waals surface area contributed by atoms with Gasteiger partial charge in [-0.25, -0.2) is 0 Å². The molecule has 0 aliphatic carbocycles. The Morgan fingerprint density at radius 2 is 1.86 bits per heavy atom. The van der Waals surface area contributed by atoms with Gasteiger partial charge in [0.05, 0.1) is 13.2 Å². The number of guanidine groups is 1. The Morgan fingerprint density at radius 1 is 1.14 bits per heavy atom. The second kappa shape index (κ2) is 10.8. The quantitative estimate of drug-likeness (QED) is 0.585. The zero-order chi connectivity index (χ0) is 20.6. The zero-order valence-corrected chi connectivity index (χ0v) is 18.6. The highest BCUT2D eigenvalue weighted by atomic mass is 16.5. The molecule has 0 bridgehead atoms. The van der Waals surface area contributed by atoms with E-state index in [2.05, 4.69) is 58.3 Å². The van der Waals surface area contributed by atoms with Crippen LogP contribution in [0.5, 0.6) is 5.75 Å². The molecule has 0 aromatic heterocycles. The number of ether oxygens (including phenoxy) is 2. The van der Waals surface area contributed by atoms with Gasteiger partial charge in [-0.05, 0) is 69.8 Å². The van der Waals surface area contributed by atoms with Gasteiger partial charge in [0.1, 0.15) is 5.75 Å². The van der Waals surface area contributed by atoms with Gasteiger partial charge in [-0.3, -0.25) is 9.89 Å².